The van der Waals surface area contributed by atoms with E-state index in [1.807, 2.05) is 6.08 Å². The van der Waals surface area contributed by atoms with Crippen LogP contribution in [0.4, 0.5) is 0 Å². The van der Waals surface area contributed by atoms with Gasteiger partial charge in [-0.2, -0.15) is 0 Å². The van der Waals surface area contributed by atoms with Crippen molar-refractivity contribution in [3.8, 4) is 0 Å². The summed E-state index contributed by atoms with van der Waals surface area (Å²) in [5.74, 6) is -1.03. The lowest BCUT2D eigenvalue weighted by Gasteiger charge is -2.18. The van der Waals surface area contributed by atoms with Crippen LogP contribution in [-0.2, 0) is 28.6 Å². The average Bonchev–Trinajstić information content (AvgIpc) is 3.47. The molecule has 0 heterocycles. The van der Waals surface area contributed by atoms with Crippen molar-refractivity contribution < 1.29 is 28.6 Å². The molecule has 6 heteroatoms. The molecule has 0 aromatic heterocycles. The van der Waals surface area contributed by atoms with Gasteiger partial charge in [0.15, 0.2) is 6.10 Å². The minimum Gasteiger partial charge on any atom is -0.462 e. The number of hydrogen-bond donors (Lipinski definition) is 0. The van der Waals surface area contributed by atoms with Crippen molar-refractivity contribution in [1.82, 2.24) is 0 Å². The zero-order valence-corrected chi connectivity index (χ0v) is 53.3. The lowest BCUT2D eigenvalue weighted by Crippen LogP contribution is -2.30. The largest absolute Gasteiger partial charge is 0.462 e. The fourth-order valence-corrected chi connectivity index (χ4v) is 9.75. The molecule has 0 saturated carbocycles. The summed E-state index contributed by atoms with van der Waals surface area (Å²) in [5, 5.41) is 0. The molecule has 0 aromatic rings. The van der Waals surface area contributed by atoms with Crippen LogP contribution < -0.4 is 0 Å². The molecular weight excluding hydrogens is 997 g/mol. The van der Waals surface area contributed by atoms with Gasteiger partial charge < -0.3 is 14.2 Å². The van der Waals surface area contributed by atoms with E-state index in [9.17, 15) is 14.4 Å². The van der Waals surface area contributed by atoms with Gasteiger partial charge in [0.1, 0.15) is 13.2 Å². The van der Waals surface area contributed by atoms with Crippen molar-refractivity contribution >= 4 is 17.9 Å². The standard InChI is InChI=1S/C75H128O6/c1-4-7-10-13-16-19-22-25-28-30-32-34-36-37-39-40-42-44-47-50-53-56-59-62-65-68-74(77)80-71-72(70-79-73(76)67-64-61-58-55-52-49-46-27-24-21-18-15-12-9-6-3)81-75(78)69-66-63-60-57-54-51-48-45-43-41-38-35-33-31-29-26-23-20-17-14-11-8-5-2/h7,9-10,12,16,18-19,21,25,27-28,32,34,46,52,55,61,64,72H,4-6,8,11,13-15,17,20,22-24,26,29-31,33,35-45,47-51,53-54,56-60,62-63,65-71H2,1-3H3/b10-7-,12-9-,19-16-,21-18-,28-25-,34-32-,46-27-,55-52-,64-61-. The fraction of sp³-hybridized carbons (Fsp3) is 0.720. The van der Waals surface area contributed by atoms with Crippen LogP contribution in [0, 0.1) is 0 Å². The molecule has 0 aliphatic rings. The highest BCUT2D eigenvalue weighted by Crippen LogP contribution is 2.18. The first-order valence-electron chi connectivity index (χ1n) is 34.4. The number of carbonyl (C=O) groups is 3. The van der Waals surface area contributed by atoms with Crippen molar-refractivity contribution in [1.29, 1.82) is 0 Å². The van der Waals surface area contributed by atoms with Gasteiger partial charge in [0.2, 0.25) is 0 Å². The molecule has 1 unspecified atom stereocenters. The van der Waals surface area contributed by atoms with E-state index in [0.29, 0.717) is 12.8 Å². The van der Waals surface area contributed by atoms with Crippen LogP contribution in [0.15, 0.2) is 109 Å². The Hall–Kier alpha value is -3.93. The Balaban J connectivity index is 4.37. The number of esters is 3. The number of carbonyl (C=O) groups excluding carboxylic acids is 3. The van der Waals surface area contributed by atoms with Gasteiger partial charge in [-0.05, 0) is 83.5 Å². The summed E-state index contributed by atoms with van der Waals surface area (Å²) in [6.45, 7) is 6.37. The molecular formula is C75H128O6. The van der Waals surface area contributed by atoms with E-state index in [1.165, 1.54) is 193 Å². The molecule has 0 saturated heterocycles. The Morgan fingerprint density at radius 2 is 0.531 bits per heavy atom. The summed E-state index contributed by atoms with van der Waals surface area (Å²) in [5.41, 5.74) is 0. The Kier molecular flexibility index (Phi) is 65.2. The summed E-state index contributed by atoms with van der Waals surface area (Å²) >= 11 is 0. The minimum atomic E-state index is -0.820. The molecule has 0 aromatic carbocycles. The molecule has 0 fully saturated rings. The minimum absolute atomic E-state index is 0.107. The molecule has 6 nitrogen and oxygen atoms in total. The van der Waals surface area contributed by atoms with Gasteiger partial charge in [-0.1, -0.05) is 336 Å². The van der Waals surface area contributed by atoms with E-state index in [0.717, 1.165) is 96.3 Å². The van der Waals surface area contributed by atoms with Crippen LogP contribution in [0.5, 0.6) is 0 Å². The van der Waals surface area contributed by atoms with E-state index in [-0.39, 0.29) is 31.6 Å². The van der Waals surface area contributed by atoms with Crippen molar-refractivity contribution in [2.24, 2.45) is 0 Å². The Bertz CT molecular complexity index is 1620. The first kappa shape index (κ1) is 77.1. The van der Waals surface area contributed by atoms with E-state index in [1.54, 1.807) is 6.08 Å². The van der Waals surface area contributed by atoms with Gasteiger partial charge in [-0.3, -0.25) is 14.4 Å². The second kappa shape index (κ2) is 68.6. The van der Waals surface area contributed by atoms with Gasteiger partial charge in [-0.15, -0.1) is 0 Å². The van der Waals surface area contributed by atoms with Crippen LogP contribution >= 0.6 is 0 Å². The first-order valence-corrected chi connectivity index (χ1v) is 34.4. The second-order valence-electron chi connectivity index (χ2n) is 22.7. The third-order valence-corrected chi connectivity index (χ3v) is 14.8. The monoisotopic (exact) mass is 1120 g/mol. The molecule has 0 N–H and O–H groups in total. The van der Waals surface area contributed by atoms with Crippen molar-refractivity contribution in [3.63, 3.8) is 0 Å². The van der Waals surface area contributed by atoms with Gasteiger partial charge in [-0.25, -0.2) is 0 Å². The zero-order chi connectivity index (χ0) is 58.5. The lowest BCUT2D eigenvalue weighted by molar-refractivity contribution is -0.166. The molecule has 0 aliphatic heterocycles. The zero-order valence-electron chi connectivity index (χ0n) is 53.3. The lowest BCUT2D eigenvalue weighted by atomic mass is 10.0. The number of hydrogen-bond acceptors (Lipinski definition) is 6. The van der Waals surface area contributed by atoms with Crippen molar-refractivity contribution in [2.75, 3.05) is 13.2 Å². The molecule has 0 rings (SSSR count). The highest BCUT2D eigenvalue weighted by molar-refractivity contribution is 5.72. The van der Waals surface area contributed by atoms with Crippen LogP contribution in [0.2, 0.25) is 0 Å². The topological polar surface area (TPSA) is 78.9 Å². The molecule has 0 amide bonds. The third kappa shape index (κ3) is 66.8. The van der Waals surface area contributed by atoms with E-state index >= 15 is 0 Å². The summed E-state index contributed by atoms with van der Waals surface area (Å²) in [4.78, 5) is 38.4. The van der Waals surface area contributed by atoms with Gasteiger partial charge >= 0.3 is 17.9 Å². The van der Waals surface area contributed by atoms with Crippen LogP contribution in [-0.4, -0.2) is 37.2 Å². The highest BCUT2D eigenvalue weighted by Gasteiger charge is 2.19. The Morgan fingerprint density at radius 3 is 0.864 bits per heavy atom. The molecule has 464 valence electrons. The van der Waals surface area contributed by atoms with E-state index in [2.05, 4.69) is 118 Å². The van der Waals surface area contributed by atoms with Crippen LogP contribution in [0.1, 0.15) is 329 Å². The normalized spacial score (nSPS) is 12.8. The number of ether oxygens (including phenoxy) is 3. The van der Waals surface area contributed by atoms with Crippen molar-refractivity contribution in [3.05, 3.63) is 109 Å². The fourth-order valence-electron chi connectivity index (χ4n) is 9.75. The summed E-state index contributed by atoms with van der Waals surface area (Å²) < 4.78 is 16.9. The third-order valence-electron chi connectivity index (χ3n) is 14.8. The predicted molar refractivity (Wildman–Crippen MR) is 353 cm³/mol. The summed E-state index contributed by atoms with van der Waals surface area (Å²) in [6, 6.07) is 0. The molecule has 0 aliphatic carbocycles. The number of allylic oxidation sites excluding steroid dienone is 17. The molecule has 0 bridgehead atoms. The van der Waals surface area contributed by atoms with Gasteiger partial charge in [0.05, 0.1) is 6.42 Å². The Labute approximate surface area is 501 Å². The molecule has 1 atom stereocenters. The maximum Gasteiger partial charge on any atom is 0.309 e. The second-order valence-corrected chi connectivity index (χ2v) is 22.7. The highest BCUT2D eigenvalue weighted by atomic mass is 16.6. The molecule has 81 heavy (non-hydrogen) atoms. The summed E-state index contributed by atoms with van der Waals surface area (Å²) in [6.07, 6.45) is 94.3. The van der Waals surface area contributed by atoms with Gasteiger partial charge in [0, 0.05) is 12.8 Å². The quantitative estimate of drug-likeness (QED) is 0.0261. The molecule has 0 spiro atoms. The SMILES string of the molecule is CC/C=C\C/C=C\C/C=C\C/C=C\C/C=C\CC(=O)OCC(COC(=O)CCCCCCCCCCCCCC/C=C\C/C=C\C/C=C\C/C=C\CC)OC(=O)CCCCCCCCCCCCCCCCCCCCCCCCC. The van der Waals surface area contributed by atoms with Crippen molar-refractivity contribution in [2.45, 2.75) is 335 Å². The molecule has 0 radical (unpaired) electrons. The average molecular weight is 1130 g/mol. The number of unbranched alkanes of at least 4 members (excludes halogenated alkanes) is 34. The maximum absolute atomic E-state index is 12.9. The van der Waals surface area contributed by atoms with E-state index in [4.69, 9.17) is 14.2 Å². The van der Waals surface area contributed by atoms with Crippen LogP contribution in [0.3, 0.4) is 0 Å². The van der Waals surface area contributed by atoms with E-state index < -0.39 is 12.1 Å². The maximum atomic E-state index is 12.9. The smallest absolute Gasteiger partial charge is 0.309 e. The van der Waals surface area contributed by atoms with Crippen LogP contribution in [0.25, 0.3) is 0 Å². The predicted octanol–water partition coefficient (Wildman–Crippen LogP) is 23.8. The first-order chi connectivity index (χ1) is 40.0. The number of rotatable bonds is 62. The van der Waals surface area contributed by atoms with Gasteiger partial charge in [0.25, 0.3) is 0 Å². The summed E-state index contributed by atoms with van der Waals surface area (Å²) in [7, 11) is 0. The Morgan fingerprint density at radius 1 is 0.272 bits per heavy atom.